The van der Waals surface area contributed by atoms with Gasteiger partial charge < -0.3 is 10.1 Å². The molecule has 3 unspecified atom stereocenters. The molecule has 1 aromatic carbocycles. The first-order valence-electron chi connectivity index (χ1n) is 6.74. The third-order valence-corrected chi connectivity index (χ3v) is 4.19. The van der Waals surface area contributed by atoms with E-state index in [4.69, 9.17) is 4.74 Å². The molecular formula is C15H22BrNO. The van der Waals surface area contributed by atoms with Crippen LogP contribution in [0.4, 0.5) is 0 Å². The molecule has 0 spiro atoms. The molecule has 1 aromatic rings. The normalized spacial score (nSPS) is 25.3. The Morgan fingerprint density at radius 1 is 1.33 bits per heavy atom. The molecule has 100 valence electrons. The van der Waals surface area contributed by atoms with Gasteiger partial charge in [0.15, 0.2) is 0 Å². The van der Waals surface area contributed by atoms with E-state index in [9.17, 15) is 0 Å². The van der Waals surface area contributed by atoms with E-state index >= 15 is 0 Å². The predicted molar refractivity (Wildman–Crippen MR) is 79.0 cm³/mol. The molecule has 0 saturated carbocycles. The quantitative estimate of drug-likeness (QED) is 0.895. The number of nitrogens with one attached hydrogen (secondary N) is 1. The minimum absolute atomic E-state index is 0.432. The molecule has 1 fully saturated rings. The highest BCUT2D eigenvalue weighted by Gasteiger charge is 2.25. The Labute approximate surface area is 118 Å². The second kappa shape index (κ2) is 6.69. The first-order valence-corrected chi connectivity index (χ1v) is 7.54. The molecule has 3 atom stereocenters. The van der Waals surface area contributed by atoms with Crippen molar-refractivity contribution in [3.05, 3.63) is 34.3 Å². The Bertz CT molecular complexity index is 365. The molecule has 0 amide bonds. The van der Waals surface area contributed by atoms with Gasteiger partial charge in [-0.05, 0) is 56.8 Å². The molecule has 1 aliphatic rings. The standard InChI is InChI=1S/C15H22BrNO/c1-11-3-8-15(18-11)9-13(10-17-2)12-4-6-14(16)7-5-12/h4-7,11,13,15,17H,3,8-10H2,1-2H3. The summed E-state index contributed by atoms with van der Waals surface area (Å²) in [6.07, 6.45) is 4.40. The van der Waals surface area contributed by atoms with Crippen LogP contribution in [0.2, 0.25) is 0 Å². The lowest BCUT2D eigenvalue weighted by atomic mass is 9.92. The predicted octanol–water partition coefficient (Wildman–Crippen LogP) is 3.71. The van der Waals surface area contributed by atoms with E-state index in [0.29, 0.717) is 18.1 Å². The van der Waals surface area contributed by atoms with Crippen LogP contribution in [-0.2, 0) is 4.74 Å². The molecule has 18 heavy (non-hydrogen) atoms. The molecule has 2 nitrogen and oxygen atoms in total. The van der Waals surface area contributed by atoms with Crippen LogP contribution in [0.1, 0.15) is 37.7 Å². The lowest BCUT2D eigenvalue weighted by Gasteiger charge is -2.21. The van der Waals surface area contributed by atoms with Gasteiger partial charge in [0.25, 0.3) is 0 Å². The van der Waals surface area contributed by atoms with Gasteiger partial charge in [0.2, 0.25) is 0 Å². The molecule has 1 aliphatic heterocycles. The van der Waals surface area contributed by atoms with Gasteiger partial charge in [-0.2, -0.15) is 0 Å². The van der Waals surface area contributed by atoms with Crippen LogP contribution in [0.15, 0.2) is 28.7 Å². The second-order valence-electron chi connectivity index (χ2n) is 5.19. The molecule has 0 aromatic heterocycles. The highest BCUT2D eigenvalue weighted by molar-refractivity contribution is 9.10. The van der Waals surface area contributed by atoms with Crippen molar-refractivity contribution in [1.29, 1.82) is 0 Å². The Balaban J connectivity index is 2.01. The number of hydrogen-bond acceptors (Lipinski definition) is 2. The van der Waals surface area contributed by atoms with Gasteiger partial charge >= 0.3 is 0 Å². The lowest BCUT2D eigenvalue weighted by molar-refractivity contribution is 0.0467. The maximum absolute atomic E-state index is 5.95. The van der Waals surface area contributed by atoms with E-state index in [1.807, 2.05) is 7.05 Å². The first-order chi connectivity index (χ1) is 8.69. The van der Waals surface area contributed by atoms with Crippen molar-refractivity contribution >= 4 is 15.9 Å². The Morgan fingerprint density at radius 3 is 2.61 bits per heavy atom. The average Bonchev–Trinajstić information content (AvgIpc) is 2.75. The third kappa shape index (κ3) is 3.81. The van der Waals surface area contributed by atoms with Crippen LogP contribution in [0.25, 0.3) is 0 Å². The smallest absolute Gasteiger partial charge is 0.0586 e. The van der Waals surface area contributed by atoms with Crippen molar-refractivity contribution in [2.24, 2.45) is 0 Å². The molecule has 0 radical (unpaired) electrons. The molecule has 1 heterocycles. The molecule has 0 aliphatic carbocycles. The van der Waals surface area contributed by atoms with Crippen LogP contribution in [-0.4, -0.2) is 25.8 Å². The van der Waals surface area contributed by atoms with Crippen LogP contribution < -0.4 is 5.32 Å². The Morgan fingerprint density at radius 2 is 2.06 bits per heavy atom. The van der Waals surface area contributed by atoms with Crippen molar-refractivity contribution in [2.45, 2.75) is 44.3 Å². The lowest BCUT2D eigenvalue weighted by Crippen LogP contribution is -2.22. The number of ether oxygens (including phenoxy) is 1. The molecule has 3 heteroatoms. The van der Waals surface area contributed by atoms with Crippen LogP contribution in [0.3, 0.4) is 0 Å². The highest BCUT2D eigenvalue weighted by Crippen LogP contribution is 2.29. The van der Waals surface area contributed by atoms with Gasteiger partial charge in [0, 0.05) is 11.0 Å². The van der Waals surface area contributed by atoms with Crippen molar-refractivity contribution in [2.75, 3.05) is 13.6 Å². The van der Waals surface area contributed by atoms with Crippen LogP contribution >= 0.6 is 15.9 Å². The van der Waals surface area contributed by atoms with Gasteiger partial charge in [-0.15, -0.1) is 0 Å². The van der Waals surface area contributed by atoms with Crippen LogP contribution in [0, 0.1) is 0 Å². The number of rotatable bonds is 5. The Hall–Kier alpha value is -0.380. The van der Waals surface area contributed by atoms with E-state index in [-0.39, 0.29) is 0 Å². The summed E-state index contributed by atoms with van der Waals surface area (Å²) < 4.78 is 7.09. The molecule has 1 N–H and O–H groups in total. The maximum Gasteiger partial charge on any atom is 0.0586 e. The van der Waals surface area contributed by atoms with Crippen molar-refractivity contribution in [3.8, 4) is 0 Å². The number of hydrogen-bond donors (Lipinski definition) is 1. The fourth-order valence-corrected chi connectivity index (χ4v) is 2.96. The average molecular weight is 312 g/mol. The first kappa shape index (κ1) is 14.0. The number of halogens is 1. The molecule has 2 rings (SSSR count). The second-order valence-corrected chi connectivity index (χ2v) is 6.10. The minimum Gasteiger partial charge on any atom is -0.375 e. The fraction of sp³-hybridized carbons (Fsp3) is 0.600. The summed E-state index contributed by atoms with van der Waals surface area (Å²) in [5.41, 5.74) is 1.40. The molecular weight excluding hydrogens is 290 g/mol. The van der Waals surface area contributed by atoms with E-state index < -0.39 is 0 Å². The molecule has 1 saturated heterocycles. The SMILES string of the molecule is CNCC(CC1CCC(C)O1)c1ccc(Br)cc1. The van der Waals surface area contributed by atoms with Crippen molar-refractivity contribution in [3.63, 3.8) is 0 Å². The van der Waals surface area contributed by atoms with Crippen molar-refractivity contribution < 1.29 is 4.74 Å². The van der Waals surface area contributed by atoms with Gasteiger partial charge in [0.05, 0.1) is 12.2 Å². The monoisotopic (exact) mass is 311 g/mol. The summed E-state index contributed by atoms with van der Waals surface area (Å²) in [6.45, 7) is 3.18. The van der Waals surface area contributed by atoms with Gasteiger partial charge in [0.1, 0.15) is 0 Å². The molecule has 0 bridgehead atoms. The summed E-state index contributed by atoms with van der Waals surface area (Å²) in [7, 11) is 2.02. The Kier molecular flexibility index (Phi) is 5.22. The van der Waals surface area contributed by atoms with E-state index in [2.05, 4.69) is 52.4 Å². The maximum atomic E-state index is 5.95. The third-order valence-electron chi connectivity index (χ3n) is 3.66. The van der Waals surface area contributed by atoms with Crippen molar-refractivity contribution in [1.82, 2.24) is 5.32 Å². The van der Waals surface area contributed by atoms with Gasteiger partial charge in [-0.25, -0.2) is 0 Å². The van der Waals surface area contributed by atoms with E-state index in [1.54, 1.807) is 0 Å². The topological polar surface area (TPSA) is 21.3 Å². The summed E-state index contributed by atoms with van der Waals surface area (Å²) in [4.78, 5) is 0. The number of likely N-dealkylation sites (N-methyl/N-ethyl adjacent to an activating group) is 1. The van der Waals surface area contributed by atoms with Gasteiger partial charge in [-0.1, -0.05) is 28.1 Å². The zero-order valence-electron chi connectivity index (χ0n) is 11.2. The summed E-state index contributed by atoms with van der Waals surface area (Å²) in [5, 5.41) is 3.30. The van der Waals surface area contributed by atoms with E-state index in [0.717, 1.165) is 17.4 Å². The van der Waals surface area contributed by atoms with E-state index in [1.165, 1.54) is 18.4 Å². The zero-order valence-corrected chi connectivity index (χ0v) is 12.7. The minimum atomic E-state index is 0.432. The summed E-state index contributed by atoms with van der Waals surface area (Å²) in [6, 6.07) is 8.67. The fourth-order valence-electron chi connectivity index (χ4n) is 2.69. The summed E-state index contributed by atoms with van der Waals surface area (Å²) in [5.74, 6) is 0.540. The number of benzene rings is 1. The van der Waals surface area contributed by atoms with Crippen LogP contribution in [0.5, 0.6) is 0 Å². The summed E-state index contributed by atoms with van der Waals surface area (Å²) >= 11 is 3.49. The van der Waals surface area contributed by atoms with Gasteiger partial charge in [-0.3, -0.25) is 0 Å². The zero-order chi connectivity index (χ0) is 13.0. The largest absolute Gasteiger partial charge is 0.375 e. The highest BCUT2D eigenvalue weighted by atomic mass is 79.9.